The summed E-state index contributed by atoms with van der Waals surface area (Å²) in [4.78, 5) is 1.23. The summed E-state index contributed by atoms with van der Waals surface area (Å²) in [5.74, 6) is 0.260. The van der Waals surface area contributed by atoms with E-state index in [0.29, 0.717) is 11.7 Å². The average molecular weight is 194 g/mol. The zero-order valence-electron chi connectivity index (χ0n) is 7.66. The summed E-state index contributed by atoms with van der Waals surface area (Å²) in [5, 5.41) is 7.53. The van der Waals surface area contributed by atoms with E-state index >= 15 is 0 Å². The molecule has 70 valence electrons. The fourth-order valence-electron chi connectivity index (χ4n) is 1.08. The Bertz CT molecular complexity index is 272. The first-order valence-electron chi connectivity index (χ1n) is 4.23. The van der Waals surface area contributed by atoms with E-state index in [-0.39, 0.29) is 5.84 Å². The van der Waals surface area contributed by atoms with Crippen LogP contribution in [0.2, 0.25) is 0 Å². The Morgan fingerprint density at radius 1 is 1.46 bits per heavy atom. The van der Waals surface area contributed by atoms with Crippen molar-refractivity contribution in [3.05, 3.63) is 30.3 Å². The summed E-state index contributed by atoms with van der Waals surface area (Å²) in [5.41, 5.74) is 5.32. The molecule has 0 saturated heterocycles. The number of thioether (sulfide) groups is 1. The van der Waals surface area contributed by atoms with E-state index in [0.717, 1.165) is 0 Å². The monoisotopic (exact) mass is 194 g/mol. The van der Waals surface area contributed by atoms with Gasteiger partial charge in [0.05, 0.1) is 5.84 Å². The number of nitrogens with two attached hydrogens (primary N) is 1. The molecule has 3 heteroatoms. The Kier molecular flexibility index (Phi) is 3.83. The van der Waals surface area contributed by atoms with Crippen LogP contribution in [-0.4, -0.2) is 11.1 Å². The van der Waals surface area contributed by atoms with Crippen LogP contribution in [0.25, 0.3) is 0 Å². The van der Waals surface area contributed by atoms with Gasteiger partial charge in [0.2, 0.25) is 0 Å². The zero-order valence-corrected chi connectivity index (χ0v) is 8.47. The van der Waals surface area contributed by atoms with Crippen molar-refractivity contribution >= 4 is 17.6 Å². The van der Waals surface area contributed by atoms with Crippen molar-refractivity contribution < 1.29 is 0 Å². The molecule has 0 aliphatic heterocycles. The lowest BCUT2D eigenvalue weighted by Crippen LogP contribution is -2.14. The molecule has 1 rings (SSSR count). The summed E-state index contributed by atoms with van der Waals surface area (Å²) in [6, 6.07) is 10.2. The van der Waals surface area contributed by atoms with E-state index in [1.165, 1.54) is 4.90 Å². The van der Waals surface area contributed by atoms with Crippen LogP contribution in [0.3, 0.4) is 0 Å². The Morgan fingerprint density at radius 3 is 2.62 bits per heavy atom. The van der Waals surface area contributed by atoms with Gasteiger partial charge < -0.3 is 5.73 Å². The lowest BCUT2D eigenvalue weighted by molar-refractivity contribution is 0.996. The topological polar surface area (TPSA) is 49.9 Å². The first-order chi connectivity index (χ1) is 6.18. The van der Waals surface area contributed by atoms with Crippen LogP contribution in [0.1, 0.15) is 13.3 Å². The Hall–Kier alpha value is -0.960. The smallest absolute Gasteiger partial charge is 0.0916 e. The van der Waals surface area contributed by atoms with Gasteiger partial charge in [-0.05, 0) is 12.1 Å². The molecule has 0 radical (unpaired) electrons. The SMILES string of the molecule is CC(CC(=N)N)Sc1ccccc1. The number of hydrogen-bond acceptors (Lipinski definition) is 2. The largest absolute Gasteiger partial charge is 0.388 e. The van der Waals surface area contributed by atoms with Crippen molar-refractivity contribution in [3.63, 3.8) is 0 Å². The molecular weight excluding hydrogens is 180 g/mol. The van der Waals surface area contributed by atoms with E-state index < -0.39 is 0 Å². The molecule has 1 atom stereocenters. The molecule has 1 unspecified atom stereocenters. The molecule has 0 bridgehead atoms. The molecule has 13 heavy (non-hydrogen) atoms. The van der Waals surface area contributed by atoms with Gasteiger partial charge in [-0.1, -0.05) is 25.1 Å². The molecule has 0 aromatic heterocycles. The van der Waals surface area contributed by atoms with Crippen molar-refractivity contribution in [2.45, 2.75) is 23.5 Å². The summed E-state index contributed by atoms with van der Waals surface area (Å²) in [6.45, 7) is 2.08. The second-order valence-corrected chi connectivity index (χ2v) is 4.48. The van der Waals surface area contributed by atoms with Crippen LogP contribution in [0.5, 0.6) is 0 Å². The second kappa shape index (κ2) is 4.92. The first kappa shape index (κ1) is 10.1. The maximum Gasteiger partial charge on any atom is 0.0916 e. The molecule has 0 saturated carbocycles. The predicted molar refractivity (Wildman–Crippen MR) is 58.3 cm³/mol. The molecule has 2 nitrogen and oxygen atoms in total. The molecule has 1 aromatic rings. The van der Waals surface area contributed by atoms with Crippen molar-refractivity contribution in [2.75, 3.05) is 0 Å². The van der Waals surface area contributed by atoms with Gasteiger partial charge in [-0.2, -0.15) is 0 Å². The van der Waals surface area contributed by atoms with Gasteiger partial charge in [0, 0.05) is 16.6 Å². The summed E-state index contributed by atoms with van der Waals surface area (Å²) >= 11 is 1.75. The second-order valence-electron chi connectivity index (χ2n) is 2.97. The third kappa shape index (κ3) is 3.99. The number of benzene rings is 1. The highest BCUT2D eigenvalue weighted by atomic mass is 32.2. The van der Waals surface area contributed by atoms with Crippen LogP contribution >= 0.6 is 11.8 Å². The molecule has 0 amide bonds. The highest BCUT2D eigenvalue weighted by molar-refractivity contribution is 8.00. The Labute approximate surface area is 83.0 Å². The van der Waals surface area contributed by atoms with E-state index in [1.807, 2.05) is 18.2 Å². The van der Waals surface area contributed by atoms with Crippen molar-refractivity contribution in [1.29, 1.82) is 5.41 Å². The van der Waals surface area contributed by atoms with Gasteiger partial charge in [0.15, 0.2) is 0 Å². The number of nitrogens with one attached hydrogen (secondary N) is 1. The van der Waals surface area contributed by atoms with Crippen LogP contribution in [0, 0.1) is 5.41 Å². The lowest BCUT2D eigenvalue weighted by Gasteiger charge is -2.09. The molecular formula is C10H14N2S. The molecule has 0 spiro atoms. The van der Waals surface area contributed by atoms with Crippen molar-refractivity contribution in [3.8, 4) is 0 Å². The zero-order chi connectivity index (χ0) is 9.68. The number of rotatable bonds is 4. The highest BCUT2D eigenvalue weighted by Gasteiger charge is 2.04. The number of hydrogen-bond donors (Lipinski definition) is 2. The van der Waals surface area contributed by atoms with E-state index in [9.17, 15) is 0 Å². The quantitative estimate of drug-likeness (QED) is 0.439. The standard InChI is InChI=1S/C10H14N2S/c1-8(7-10(11)12)13-9-5-3-2-4-6-9/h2-6,8H,7H2,1H3,(H3,11,12). The van der Waals surface area contributed by atoms with Gasteiger partial charge in [0.25, 0.3) is 0 Å². The fraction of sp³-hybridized carbons (Fsp3) is 0.300. The number of amidine groups is 1. The lowest BCUT2D eigenvalue weighted by atomic mass is 10.3. The van der Waals surface area contributed by atoms with Crippen molar-refractivity contribution in [2.24, 2.45) is 5.73 Å². The van der Waals surface area contributed by atoms with E-state index in [4.69, 9.17) is 11.1 Å². The van der Waals surface area contributed by atoms with E-state index in [2.05, 4.69) is 19.1 Å². The normalized spacial score (nSPS) is 12.4. The van der Waals surface area contributed by atoms with E-state index in [1.54, 1.807) is 11.8 Å². The van der Waals surface area contributed by atoms with Crippen LogP contribution < -0.4 is 5.73 Å². The predicted octanol–water partition coefficient (Wildman–Crippen LogP) is 2.49. The van der Waals surface area contributed by atoms with Gasteiger partial charge >= 0.3 is 0 Å². The summed E-state index contributed by atoms with van der Waals surface area (Å²) in [6.07, 6.45) is 0.652. The van der Waals surface area contributed by atoms with Gasteiger partial charge in [-0.3, -0.25) is 5.41 Å². The highest BCUT2D eigenvalue weighted by Crippen LogP contribution is 2.24. The minimum Gasteiger partial charge on any atom is -0.388 e. The molecule has 3 N–H and O–H groups in total. The maximum absolute atomic E-state index is 7.15. The minimum atomic E-state index is 0.260. The Morgan fingerprint density at radius 2 is 2.08 bits per heavy atom. The molecule has 0 aliphatic carbocycles. The van der Waals surface area contributed by atoms with Gasteiger partial charge in [-0.15, -0.1) is 11.8 Å². The van der Waals surface area contributed by atoms with Crippen LogP contribution in [0.15, 0.2) is 35.2 Å². The van der Waals surface area contributed by atoms with Crippen molar-refractivity contribution in [1.82, 2.24) is 0 Å². The third-order valence-electron chi connectivity index (χ3n) is 1.59. The summed E-state index contributed by atoms with van der Waals surface area (Å²) in [7, 11) is 0. The minimum absolute atomic E-state index is 0.260. The Balaban J connectivity index is 2.45. The molecule has 0 aliphatic rings. The molecule has 0 heterocycles. The fourth-order valence-corrected chi connectivity index (χ4v) is 2.12. The third-order valence-corrected chi connectivity index (χ3v) is 2.70. The summed E-state index contributed by atoms with van der Waals surface area (Å²) < 4.78 is 0. The van der Waals surface area contributed by atoms with Gasteiger partial charge in [-0.25, -0.2) is 0 Å². The first-order valence-corrected chi connectivity index (χ1v) is 5.11. The van der Waals surface area contributed by atoms with Gasteiger partial charge in [0.1, 0.15) is 0 Å². The van der Waals surface area contributed by atoms with Crippen LogP contribution in [0.4, 0.5) is 0 Å². The molecule has 0 fully saturated rings. The maximum atomic E-state index is 7.15. The van der Waals surface area contributed by atoms with Crippen LogP contribution in [-0.2, 0) is 0 Å². The molecule has 1 aromatic carbocycles. The average Bonchev–Trinajstić information content (AvgIpc) is 2.04.